The number of ether oxygens (including phenoxy) is 2. The van der Waals surface area contributed by atoms with Crippen LogP contribution in [-0.4, -0.2) is 57.0 Å². The van der Waals surface area contributed by atoms with Crippen molar-refractivity contribution in [3.63, 3.8) is 0 Å². The fourth-order valence-electron chi connectivity index (χ4n) is 2.51. The van der Waals surface area contributed by atoms with Gasteiger partial charge in [-0.15, -0.1) is 0 Å². The quantitative estimate of drug-likeness (QED) is 0.705. The van der Waals surface area contributed by atoms with Crippen molar-refractivity contribution in [1.82, 2.24) is 10.2 Å². The molecule has 1 atom stereocenters. The van der Waals surface area contributed by atoms with Gasteiger partial charge in [0.15, 0.2) is 0 Å². The van der Waals surface area contributed by atoms with E-state index in [2.05, 4.69) is 41.4 Å². The first-order valence-electron chi connectivity index (χ1n) is 8.05. The van der Waals surface area contributed by atoms with E-state index >= 15 is 0 Å². The second-order valence-electron chi connectivity index (χ2n) is 5.48. The zero-order valence-corrected chi connectivity index (χ0v) is 13.1. The van der Waals surface area contributed by atoms with Crippen molar-refractivity contribution in [3.05, 3.63) is 35.9 Å². The molecule has 2 rings (SSSR count). The van der Waals surface area contributed by atoms with E-state index in [1.165, 1.54) is 5.56 Å². The van der Waals surface area contributed by atoms with Gasteiger partial charge in [0.05, 0.1) is 19.3 Å². The number of rotatable bonds is 9. The van der Waals surface area contributed by atoms with Gasteiger partial charge in [-0.1, -0.05) is 37.3 Å². The molecule has 1 aliphatic heterocycles. The lowest BCUT2D eigenvalue weighted by Crippen LogP contribution is -2.44. The lowest BCUT2D eigenvalue weighted by Gasteiger charge is -2.31. The van der Waals surface area contributed by atoms with Gasteiger partial charge < -0.3 is 14.8 Å². The van der Waals surface area contributed by atoms with E-state index in [1.807, 2.05) is 6.07 Å². The maximum atomic E-state index is 5.73. The molecule has 4 heteroatoms. The van der Waals surface area contributed by atoms with Crippen molar-refractivity contribution in [2.24, 2.45) is 0 Å². The number of nitrogens with zero attached hydrogens (tertiary/aromatic N) is 1. The van der Waals surface area contributed by atoms with E-state index in [-0.39, 0.29) is 6.10 Å². The Morgan fingerprint density at radius 2 is 2.19 bits per heavy atom. The number of morpholine rings is 1. The molecule has 0 radical (unpaired) electrons. The molecular formula is C17H28N2O2. The van der Waals surface area contributed by atoms with Crippen LogP contribution in [0.15, 0.2) is 30.3 Å². The summed E-state index contributed by atoms with van der Waals surface area (Å²) in [7, 11) is 0. The fraction of sp³-hybridized carbons (Fsp3) is 0.647. The zero-order chi connectivity index (χ0) is 14.8. The van der Waals surface area contributed by atoms with Crippen molar-refractivity contribution >= 4 is 0 Å². The normalized spacial score (nSPS) is 19.8. The predicted octanol–water partition coefficient (Wildman–Crippen LogP) is 1.90. The minimum absolute atomic E-state index is 0.246. The Hall–Kier alpha value is -0.940. The second-order valence-corrected chi connectivity index (χ2v) is 5.48. The highest BCUT2D eigenvalue weighted by Crippen LogP contribution is 2.05. The van der Waals surface area contributed by atoms with Gasteiger partial charge in [0.25, 0.3) is 0 Å². The standard InChI is InChI=1S/C17H28N2O2/c1-2-19-10-12-21-17(14-19)15-20-11-6-9-18-13-16-7-4-3-5-8-16/h3-5,7-8,17-18H,2,6,9-15H2,1H3. The van der Waals surface area contributed by atoms with Crippen molar-refractivity contribution in [2.45, 2.75) is 26.0 Å². The van der Waals surface area contributed by atoms with Crippen LogP contribution in [0, 0.1) is 0 Å². The predicted molar refractivity (Wildman–Crippen MR) is 85.4 cm³/mol. The Balaban J connectivity index is 1.45. The third-order valence-corrected chi connectivity index (χ3v) is 3.79. The van der Waals surface area contributed by atoms with Crippen molar-refractivity contribution < 1.29 is 9.47 Å². The smallest absolute Gasteiger partial charge is 0.0935 e. The van der Waals surface area contributed by atoms with E-state index < -0.39 is 0 Å². The molecule has 1 aliphatic rings. The van der Waals surface area contributed by atoms with E-state index in [4.69, 9.17) is 9.47 Å². The Kier molecular flexibility index (Phi) is 7.75. The molecule has 1 unspecified atom stereocenters. The summed E-state index contributed by atoms with van der Waals surface area (Å²) in [6.07, 6.45) is 1.29. The maximum Gasteiger partial charge on any atom is 0.0935 e. The van der Waals surface area contributed by atoms with Gasteiger partial charge in [0.1, 0.15) is 0 Å². The molecule has 0 saturated carbocycles. The van der Waals surface area contributed by atoms with E-state index in [0.29, 0.717) is 0 Å². The maximum absolute atomic E-state index is 5.73. The molecule has 1 N–H and O–H groups in total. The summed E-state index contributed by atoms with van der Waals surface area (Å²) < 4.78 is 11.4. The number of likely N-dealkylation sites (N-methyl/N-ethyl adjacent to an activating group) is 1. The van der Waals surface area contributed by atoms with Gasteiger partial charge in [-0.25, -0.2) is 0 Å². The lowest BCUT2D eigenvalue weighted by atomic mass is 10.2. The van der Waals surface area contributed by atoms with Gasteiger partial charge in [-0.05, 0) is 25.1 Å². The van der Waals surface area contributed by atoms with Crippen molar-refractivity contribution in [1.29, 1.82) is 0 Å². The Morgan fingerprint density at radius 3 is 3.00 bits per heavy atom. The van der Waals surface area contributed by atoms with E-state index in [1.54, 1.807) is 0 Å². The third-order valence-electron chi connectivity index (χ3n) is 3.79. The number of nitrogens with one attached hydrogen (secondary N) is 1. The SMILES string of the molecule is CCN1CCOC(COCCCNCc2ccccc2)C1. The summed E-state index contributed by atoms with van der Waals surface area (Å²) in [6.45, 7) is 9.62. The van der Waals surface area contributed by atoms with Gasteiger partial charge in [-0.3, -0.25) is 4.90 Å². The average Bonchev–Trinajstić information content (AvgIpc) is 2.55. The molecule has 118 valence electrons. The van der Waals surface area contributed by atoms with E-state index in [9.17, 15) is 0 Å². The lowest BCUT2D eigenvalue weighted by molar-refractivity contribution is -0.0680. The van der Waals surface area contributed by atoms with Crippen LogP contribution in [0.25, 0.3) is 0 Å². The van der Waals surface area contributed by atoms with Crippen LogP contribution in [0.2, 0.25) is 0 Å². The average molecular weight is 292 g/mol. The summed E-state index contributed by atoms with van der Waals surface area (Å²) in [5.41, 5.74) is 1.33. The largest absolute Gasteiger partial charge is 0.379 e. The van der Waals surface area contributed by atoms with Crippen LogP contribution in [0.1, 0.15) is 18.9 Å². The van der Waals surface area contributed by atoms with Crippen LogP contribution >= 0.6 is 0 Å². The minimum atomic E-state index is 0.246. The fourth-order valence-corrected chi connectivity index (χ4v) is 2.51. The van der Waals surface area contributed by atoms with E-state index in [0.717, 1.165) is 59.0 Å². The molecule has 0 spiro atoms. The first-order valence-corrected chi connectivity index (χ1v) is 8.05. The Morgan fingerprint density at radius 1 is 1.33 bits per heavy atom. The van der Waals surface area contributed by atoms with Crippen LogP contribution < -0.4 is 5.32 Å². The Bertz CT molecular complexity index is 372. The molecule has 21 heavy (non-hydrogen) atoms. The molecule has 1 saturated heterocycles. The van der Waals surface area contributed by atoms with Crippen LogP contribution in [-0.2, 0) is 16.0 Å². The molecule has 1 aromatic rings. The molecule has 1 heterocycles. The van der Waals surface area contributed by atoms with Gasteiger partial charge >= 0.3 is 0 Å². The highest BCUT2D eigenvalue weighted by atomic mass is 16.5. The van der Waals surface area contributed by atoms with Gasteiger partial charge in [0, 0.05) is 26.2 Å². The summed E-state index contributed by atoms with van der Waals surface area (Å²) in [5, 5.41) is 3.44. The summed E-state index contributed by atoms with van der Waals surface area (Å²) in [5.74, 6) is 0. The van der Waals surface area contributed by atoms with Crippen molar-refractivity contribution in [3.8, 4) is 0 Å². The zero-order valence-electron chi connectivity index (χ0n) is 13.1. The Labute approximate surface area is 128 Å². The molecular weight excluding hydrogens is 264 g/mol. The summed E-state index contributed by atoms with van der Waals surface area (Å²) in [6, 6.07) is 10.5. The van der Waals surface area contributed by atoms with Gasteiger partial charge in [-0.2, -0.15) is 0 Å². The molecule has 0 aromatic heterocycles. The first kappa shape index (κ1) is 16.4. The molecule has 0 bridgehead atoms. The first-order chi connectivity index (χ1) is 10.4. The second kappa shape index (κ2) is 9.90. The van der Waals surface area contributed by atoms with Gasteiger partial charge in [0.2, 0.25) is 0 Å². The number of hydrogen-bond acceptors (Lipinski definition) is 4. The molecule has 1 fully saturated rings. The van der Waals surface area contributed by atoms with Crippen LogP contribution in [0.4, 0.5) is 0 Å². The highest BCUT2D eigenvalue weighted by Gasteiger charge is 2.18. The van der Waals surface area contributed by atoms with Crippen LogP contribution in [0.5, 0.6) is 0 Å². The molecule has 1 aromatic carbocycles. The highest BCUT2D eigenvalue weighted by molar-refractivity contribution is 5.14. The third kappa shape index (κ3) is 6.57. The number of hydrogen-bond donors (Lipinski definition) is 1. The summed E-state index contributed by atoms with van der Waals surface area (Å²) >= 11 is 0. The topological polar surface area (TPSA) is 33.7 Å². The minimum Gasteiger partial charge on any atom is -0.379 e. The monoisotopic (exact) mass is 292 g/mol. The number of benzene rings is 1. The molecule has 0 aliphatic carbocycles. The summed E-state index contributed by atoms with van der Waals surface area (Å²) in [4.78, 5) is 2.42. The molecule has 4 nitrogen and oxygen atoms in total. The molecule has 0 amide bonds. The van der Waals surface area contributed by atoms with Crippen LogP contribution in [0.3, 0.4) is 0 Å². The van der Waals surface area contributed by atoms with Crippen molar-refractivity contribution in [2.75, 3.05) is 46.0 Å².